The minimum Gasteiger partial charge on any atom is -0.316 e. The van der Waals surface area contributed by atoms with Crippen molar-refractivity contribution in [3.05, 3.63) is 23.5 Å². The van der Waals surface area contributed by atoms with Gasteiger partial charge in [0.05, 0.1) is 21.4 Å². The van der Waals surface area contributed by atoms with Crippen molar-refractivity contribution in [2.45, 2.75) is 25.7 Å². The Labute approximate surface area is 105 Å². The number of hydrogen-bond acceptors (Lipinski definition) is 4. The highest BCUT2D eigenvalue weighted by Crippen LogP contribution is 2.24. The predicted molar refractivity (Wildman–Crippen MR) is 71.3 cm³/mol. The molecule has 3 heterocycles. The van der Waals surface area contributed by atoms with Crippen LogP contribution in [-0.4, -0.2) is 23.1 Å². The van der Waals surface area contributed by atoms with Crippen molar-refractivity contribution < 1.29 is 0 Å². The highest BCUT2D eigenvalue weighted by molar-refractivity contribution is 7.18. The molecular weight excluding hydrogens is 230 g/mol. The molecule has 1 fully saturated rings. The second-order valence-corrected chi connectivity index (χ2v) is 5.82. The van der Waals surface area contributed by atoms with Crippen molar-refractivity contribution >= 4 is 21.6 Å². The van der Waals surface area contributed by atoms with Crippen LogP contribution in [0.5, 0.6) is 0 Å². The van der Waals surface area contributed by atoms with Crippen molar-refractivity contribution in [2.24, 2.45) is 5.92 Å². The van der Waals surface area contributed by atoms with Crippen LogP contribution in [-0.2, 0) is 6.42 Å². The summed E-state index contributed by atoms with van der Waals surface area (Å²) >= 11 is 1.81. The van der Waals surface area contributed by atoms with Crippen LogP contribution in [0.1, 0.15) is 24.3 Å². The molecule has 1 atom stereocenters. The first-order valence-electron chi connectivity index (χ1n) is 6.32. The summed E-state index contributed by atoms with van der Waals surface area (Å²) < 4.78 is 1.26. The highest BCUT2D eigenvalue weighted by atomic mass is 32.1. The van der Waals surface area contributed by atoms with E-state index in [1.165, 1.54) is 42.1 Å². The summed E-state index contributed by atoms with van der Waals surface area (Å²) in [5, 5.41) is 4.73. The first-order chi connectivity index (χ1) is 8.42. The van der Waals surface area contributed by atoms with Gasteiger partial charge in [-0.25, -0.2) is 4.98 Å². The van der Waals surface area contributed by atoms with E-state index >= 15 is 0 Å². The Morgan fingerprint density at radius 3 is 3.29 bits per heavy atom. The zero-order valence-electron chi connectivity index (χ0n) is 9.85. The van der Waals surface area contributed by atoms with Gasteiger partial charge in [0.15, 0.2) is 0 Å². The van der Waals surface area contributed by atoms with E-state index in [9.17, 15) is 0 Å². The van der Waals surface area contributed by atoms with E-state index in [1.54, 1.807) is 0 Å². The molecule has 1 unspecified atom stereocenters. The van der Waals surface area contributed by atoms with Crippen LogP contribution < -0.4 is 5.32 Å². The van der Waals surface area contributed by atoms with E-state index in [0.29, 0.717) is 0 Å². The van der Waals surface area contributed by atoms with Crippen molar-refractivity contribution in [3.8, 4) is 0 Å². The highest BCUT2D eigenvalue weighted by Gasteiger charge is 2.13. The van der Waals surface area contributed by atoms with Gasteiger partial charge >= 0.3 is 0 Å². The molecule has 0 amide bonds. The molecule has 0 saturated carbocycles. The van der Waals surface area contributed by atoms with Crippen LogP contribution in [0.3, 0.4) is 0 Å². The molecule has 2 aromatic heterocycles. The minimum absolute atomic E-state index is 0.842. The Bertz CT molecular complexity index is 455. The lowest BCUT2D eigenvalue weighted by molar-refractivity contribution is 0.358. The molecule has 1 aliphatic rings. The smallest absolute Gasteiger partial charge is 0.0998 e. The number of rotatable bonds is 3. The zero-order valence-corrected chi connectivity index (χ0v) is 10.7. The van der Waals surface area contributed by atoms with Crippen LogP contribution in [0.15, 0.2) is 18.5 Å². The summed E-state index contributed by atoms with van der Waals surface area (Å²) in [4.78, 5) is 8.74. The zero-order chi connectivity index (χ0) is 11.5. The van der Waals surface area contributed by atoms with E-state index < -0.39 is 0 Å². The average Bonchev–Trinajstić information content (AvgIpc) is 2.80. The fourth-order valence-corrected chi connectivity index (χ4v) is 3.38. The summed E-state index contributed by atoms with van der Waals surface area (Å²) in [5.74, 6) is 0.842. The SMILES string of the molecule is c1cc2sc(CCC3CCCNC3)nc2cn1. The van der Waals surface area contributed by atoms with Crippen LogP contribution in [0, 0.1) is 5.92 Å². The molecule has 1 N–H and O–H groups in total. The quantitative estimate of drug-likeness (QED) is 0.906. The number of piperidine rings is 1. The first kappa shape index (κ1) is 11.1. The molecule has 0 spiro atoms. The van der Waals surface area contributed by atoms with E-state index in [0.717, 1.165) is 17.9 Å². The van der Waals surface area contributed by atoms with Gasteiger partial charge in [0.25, 0.3) is 0 Å². The third-order valence-corrected chi connectivity index (χ3v) is 4.50. The predicted octanol–water partition coefficient (Wildman–Crippen LogP) is 2.62. The second-order valence-electron chi connectivity index (χ2n) is 4.70. The van der Waals surface area contributed by atoms with E-state index in [-0.39, 0.29) is 0 Å². The second kappa shape index (κ2) is 5.10. The summed E-state index contributed by atoms with van der Waals surface area (Å²) in [6.07, 6.45) is 8.78. The molecule has 90 valence electrons. The number of aryl methyl sites for hydroxylation is 1. The van der Waals surface area contributed by atoms with Crippen LogP contribution in [0.2, 0.25) is 0 Å². The van der Waals surface area contributed by atoms with E-state index in [2.05, 4.69) is 21.4 Å². The number of nitrogens with zero attached hydrogens (tertiary/aromatic N) is 2. The average molecular weight is 247 g/mol. The van der Waals surface area contributed by atoms with Crippen LogP contribution in [0.4, 0.5) is 0 Å². The van der Waals surface area contributed by atoms with Gasteiger partial charge in [0.1, 0.15) is 0 Å². The minimum atomic E-state index is 0.842. The van der Waals surface area contributed by atoms with Crippen molar-refractivity contribution in [2.75, 3.05) is 13.1 Å². The number of hydrogen-bond donors (Lipinski definition) is 1. The molecule has 0 radical (unpaired) electrons. The standard InChI is InChI=1S/C13H17N3S/c1-2-10(8-14-6-1)3-4-13-16-11-9-15-7-5-12(11)17-13/h5,7,9-10,14H,1-4,6,8H2. The molecule has 0 aromatic carbocycles. The van der Waals surface area contributed by atoms with Crippen LogP contribution >= 0.6 is 11.3 Å². The monoisotopic (exact) mass is 247 g/mol. The van der Waals surface area contributed by atoms with Gasteiger partial charge in [-0.3, -0.25) is 4.98 Å². The van der Waals surface area contributed by atoms with Gasteiger partial charge in [0.2, 0.25) is 0 Å². The fourth-order valence-electron chi connectivity index (χ4n) is 2.43. The van der Waals surface area contributed by atoms with E-state index in [4.69, 9.17) is 0 Å². The largest absolute Gasteiger partial charge is 0.316 e. The van der Waals surface area contributed by atoms with Crippen molar-refractivity contribution in [3.63, 3.8) is 0 Å². The number of nitrogens with one attached hydrogen (secondary N) is 1. The molecule has 1 saturated heterocycles. The normalized spacial score (nSPS) is 20.8. The molecule has 3 rings (SSSR count). The first-order valence-corrected chi connectivity index (χ1v) is 7.13. The molecule has 3 nitrogen and oxygen atoms in total. The Morgan fingerprint density at radius 2 is 2.47 bits per heavy atom. The van der Waals surface area contributed by atoms with E-state index in [1.807, 2.05) is 23.7 Å². The van der Waals surface area contributed by atoms with Gasteiger partial charge in [-0.05, 0) is 50.8 Å². The number of aromatic nitrogens is 2. The summed E-state index contributed by atoms with van der Waals surface area (Å²) in [5.41, 5.74) is 1.05. The molecular formula is C13H17N3S. The van der Waals surface area contributed by atoms with Gasteiger partial charge in [-0.2, -0.15) is 0 Å². The molecule has 17 heavy (non-hydrogen) atoms. The number of pyridine rings is 1. The van der Waals surface area contributed by atoms with Gasteiger partial charge in [-0.1, -0.05) is 0 Å². The lowest BCUT2D eigenvalue weighted by Crippen LogP contribution is -2.29. The Balaban J connectivity index is 1.64. The van der Waals surface area contributed by atoms with Gasteiger partial charge < -0.3 is 5.32 Å². The molecule has 4 heteroatoms. The third kappa shape index (κ3) is 2.64. The molecule has 1 aliphatic heterocycles. The maximum atomic E-state index is 4.63. The fraction of sp³-hybridized carbons (Fsp3) is 0.538. The van der Waals surface area contributed by atoms with Crippen LogP contribution in [0.25, 0.3) is 10.2 Å². The Morgan fingerprint density at radius 1 is 1.47 bits per heavy atom. The Hall–Kier alpha value is -1.00. The lowest BCUT2D eigenvalue weighted by Gasteiger charge is -2.21. The molecule has 0 bridgehead atoms. The summed E-state index contributed by atoms with van der Waals surface area (Å²) in [6, 6.07) is 2.05. The van der Waals surface area contributed by atoms with Gasteiger partial charge in [0, 0.05) is 6.20 Å². The summed E-state index contributed by atoms with van der Waals surface area (Å²) in [6.45, 7) is 2.38. The Kier molecular flexibility index (Phi) is 3.34. The topological polar surface area (TPSA) is 37.8 Å². The van der Waals surface area contributed by atoms with Gasteiger partial charge in [-0.15, -0.1) is 11.3 Å². The molecule has 2 aromatic rings. The van der Waals surface area contributed by atoms with Crippen molar-refractivity contribution in [1.82, 2.24) is 15.3 Å². The maximum Gasteiger partial charge on any atom is 0.0998 e. The summed E-state index contributed by atoms with van der Waals surface area (Å²) in [7, 11) is 0. The third-order valence-electron chi connectivity index (χ3n) is 3.40. The lowest BCUT2D eigenvalue weighted by atomic mass is 9.95. The van der Waals surface area contributed by atoms with Crippen molar-refractivity contribution in [1.29, 1.82) is 0 Å². The number of thiazole rings is 1. The number of fused-ring (bicyclic) bond motifs is 1. The maximum absolute atomic E-state index is 4.63. The molecule has 0 aliphatic carbocycles.